The Morgan fingerprint density at radius 1 is 1.54 bits per heavy atom. The third kappa shape index (κ3) is 4.71. The van der Waals surface area contributed by atoms with Gasteiger partial charge in [0.15, 0.2) is 0 Å². The van der Waals surface area contributed by atoms with E-state index in [9.17, 15) is 9.59 Å². The molecule has 68 valence electrons. The van der Waals surface area contributed by atoms with Gasteiger partial charge in [-0.3, -0.25) is 9.59 Å². The van der Waals surface area contributed by atoms with Gasteiger partial charge in [0.05, 0.1) is 12.3 Å². The summed E-state index contributed by atoms with van der Waals surface area (Å²) in [7, 11) is 0. The van der Waals surface area contributed by atoms with Gasteiger partial charge >= 0.3 is 35.5 Å². The number of rotatable bonds is 3. The number of amides is 1. The maximum atomic E-state index is 11.1. The maximum absolute atomic E-state index is 11.1. The van der Waals surface area contributed by atoms with Gasteiger partial charge in [0, 0.05) is 12.6 Å². The number of carbonyl (C=O) groups excluding carboxylic acids is 1. The summed E-state index contributed by atoms with van der Waals surface area (Å²) in [4.78, 5) is 22.8. The molecule has 0 aromatic carbocycles. The molecular weight excluding hydrogens is 201 g/mol. The van der Waals surface area contributed by atoms with Crippen LogP contribution in [0.25, 0.3) is 0 Å². The second-order valence-electron chi connectivity index (χ2n) is 2.34. The number of thioether (sulfide) groups is 1. The molecular formula is C7H10NNaO3S. The molecule has 0 aromatic rings. The van der Waals surface area contributed by atoms with E-state index in [1.54, 1.807) is 6.20 Å². The standard InChI is InChI=1S/C7H9NO3S.Na.H/c9-6(1-2-7(10)11)8-3-4-12-5-8;;/h3-4H,1-2,5H2,(H,10,11);;/q;+1;-1. The molecule has 1 rings (SSSR count). The van der Waals surface area contributed by atoms with Gasteiger partial charge in [-0.15, -0.1) is 11.8 Å². The first-order chi connectivity index (χ1) is 5.70. The monoisotopic (exact) mass is 211 g/mol. The van der Waals surface area contributed by atoms with Crippen LogP contribution in [0.5, 0.6) is 0 Å². The van der Waals surface area contributed by atoms with Gasteiger partial charge in [-0.1, -0.05) is 0 Å². The van der Waals surface area contributed by atoms with Gasteiger partial charge < -0.3 is 11.4 Å². The van der Waals surface area contributed by atoms with E-state index in [-0.39, 0.29) is 49.7 Å². The number of carboxylic acids is 1. The molecule has 1 aliphatic heterocycles. The van der Waals surface area contributed by atoms with Crippen molar-refractivity contribution in [1.29, 1.82) is 0 Å². The van der Waals surface area contributed by atoms with Crippen LogP contribution in [0.4, 0.5) is 0 Å². The Balaban J connectivity index is 0. The molecule has 0 fully saturated rings. The van der Waals surface area contributed by atoms with Gasteiger partial charge in [-0.2, -0.15) is 0 Å². The molecule has 0 aliphatic carbocycles. The second kappa shape index (κ2) is 6.48. The SMILES string of the molecule is O=C(O)CCC(=O)N1C=CSC1.[H-].[Na+]. The van der Waals surface area contributed by atoms with Crippen LogP contribution < -0.4 is 29.6 Å². The molecule has 1 heterocycles. The molecule has 1 aliphatic rings. The van der Waals surface area contributed by atoms with Gasteiger partial charge in [0.1, 0.15) is 0 Å². The van der Waals surface area contributed by atoms with Crippen LogP contribution in [0.2, 0.25) is 0 Å². The summed E-state index contributed by atoms with van der Waals surface area (Å²) in [5.41, 5.74) is 0. The number of hydrogen-bond acceptors (Lipinski definition) is 3. The number of carboxylic acid groups (broad SMARTS) is 1. The molecule has 0 aromatic heterocycles. The van der Waals surface area contributed by atoms with Crippen molar-refractivity contribution < 1.29 is 45.7 Å². The van der Waals surface area contributed by atoms with Crippen LogP contribution in [0.15, 0.2) is 11.6 Å². The van der Waals surface area contributed by atoms with Crippen molar-refractivity contribution in [3.05, 3.63) is 11.6 Å². The first-order valence-corrected chi connectivity index (χ1v) is 4.54. The molecule has 0 bridgehead atoms. The number of nitrogens with zero attached hydrogens (tertiary/aromatic N) is 1. The summed E-state index contributed by atoms with van der Waals surface area (Å²) >= 11 is 1.52. The summed E-state index contributed by atoms with van der Waals surface area (Å²) in [6.45, 7) is 0. The molecule has 4 nitrogen and oxygen atoms in total. The minimum atomic E-state index is -0.931. The molecule has 6 heteroatoms. The minimum absolute atomic E-state index is 0. The molecule has 1 N–H and O–H groups in total. The van der Waals surface area contributed by atoms with Crippen LogP contribution in [-0.2, 0) is 9.59 Å². The van der Waals surface area contributed by atoms with Gasteiger partial charge in [-0.25, -0.2) is 0 Å². The quantitative estimate of drug-likeness (QED) is 0.547. The molecule has 13 heavy (non-hydrogen) atoms. The van der Waals surface area contributed by atoms with E-state index in [1.165, 1.54) is 16.7 Å². The van der Waals surface area contributed by atoms with Crippen molar-refractivity contribution >= 4 is 23.6 Å². The van der Waals surface area contributed by atoms with Gasteiger partial charge in [0.2, 0.25) is 5.91 Å². The maximum Gasteiger partial charge on any atom is 1.00 e. The topological polar surface area (TPSA) is 57.6 Å². The summed E-state index contributed by atoms with van der Waals surface area (Å²) in [6.07, 6.45) is 1.67. The van der Waals surface area contributed by atoms with Crippen molar-refractivity contribution in [1.82, 2.24) is 4.90 Å². The first-order valence-electron chi connectivity index (χ1n) is 3.49. The summed E-state index contributed by atoms with van der Waals surface area (Å²) in [5.74, 6) is -0.448. The molecule has 1 amide bonds. The smallest absolute Gasteiger partial charge is 1.00 e. The fourth-order valence-corrected chi connectivity index (χ4v) is 1.51. The van der Waals surface area contributed by atoms with Crippen LogP contribution in [0.1, 0.15) is 14.3 Å². The normalized spacial score (nSPS) is 14.0. The van der Waals surface area contributed by atoms with Crippen molar-refractivity contribution in [2.75, 3.05) is 5.88 Å². The van der Waals surface area contributed by atoms with Crippen molar-refractivity contribution in [2.45, 2.75) is 12.8 Å². The Labute approximate surface area is 104 Å². The summed E-state index contributed by atoms with van der Waals surface area (Å²) in [6, 6.07) is 0. The third-order valence-corrected chi connectivity index (χ3v) is 2.17. The molecule has 0 saturated carbocycles. The zero-order valence-electron chi connectivity index (χ0n) is 8.40. The van der Waals surface area contributed by atoms with E-state index in [1.807, 2.05) is 5.41 Å². The fraction of sp³-hybridized carbons (Fsp3) is 0.429. The number of hydrogen-bond donors (Lipinski definition) is 1. The van der Waals surface area contributed by atoms with Gasteiger partial charge in [0.25, 0.3) is 0 Å². The van der Waals surface area contributed by atoms with Crippen LogP contribution >= 0.6 is 11.8 Å². The Morgan fingerprint density at radius 3 is 2.69 bits per heavy atom. The minimum Gasteiger partial charge on any atom is -1.00 e. The van der Waals surface area contributed by atoms with E-state index in [0.29, 0.717) is 5.88 Å². The molecule has 0 spiro atoms. The van der Waals surface area contributed by atoms with Crippen LogP contribution in [-0.4, -0.2) is 27.8 Å². The molecule has 0 radical (unpaired) electrons. The number of aliphatic carboxylic acids is 1. The fourth-order valence-electron chi connectivity index (χ4n) is 0.795. The predicted molar refractivity (Wildman–Crippen MR) is 46.4 cm³/mol. The van der Waals surface area contributed by atoms with E-state index in [0.717, 1.165) is 0 Å². The van der Waals surface area contributed by atoms with Crippen molar-refractivity contribution in [2.24, 2.45) is 0 Å². The average Bonchev–Trinajstić information content (AvgIpc) is 2.51. The van der Waals surface area contributed by atoms with Crippen molar-refractivity contribution in [3.8, 4) is 0 Å². The molecule has 0 unspecified atom stereocenters. The Hall–Kier alpha value is 0.0300. The Kier molecular flexibility index (Phi) is 6.49. The first kappa shape index (κ1) is 13.0. The van der Waals surface area contributed by atoms with Crippen molar-refractivity contribution in [3.63, 3.8) is 0 Å². The largest absolute Gasteiger partial charge is 1.00 e. The zero-order chi connectivity index (χ0) is 8.97. The average molecular weight is 211 g/mol. The summed E-state index contributed by atoms with van der Waals surface area (Å²) in [5, 5.41) is 10.1. The number of carbonyl (C=O) groups is 2. The third-order valence-electron chi connectivity index (χ3n) is 1.42. The Bertz CT molecular complexity index is 237. The van der Waals surface area contributed by atoms with E-state index in [2.05, 4.69) is 0 Å². The predicted octanol–water partition coefficient (Wildman–Crippen LogP) is -2.03. The van der Waals surface area contributed by atoms with Crippen LogP contribution in [0, 0.1) is 0 Å². The molecule has 0 saturated heterocycles. The Morgan fingerprint density at radius 2 is 2.23 bits per heavy atom. The van der Waals surface area contributed by atoms with E-state index >= 15 is 0 Å². The van der Waals surface area contributed by atoms with Gasteiger partial charge in [-0.05, 0) is 5.41 Å². The van der Waals surface area contributed by atoms with E-state index in [4.69, 9.17) is 5.11 Å². The summed E-state index contributed by atoms with van der Waals surface area (Å²) < 4.78 is 0. The zero-order valence-corrected chi connectivity index (χ0v) is 10.2. The van der Waals surface area contributed by atoms with Crippen LogP contribution in [0.3, 0.4) is 0 Å². The molecule has 0 atom stereocenters. The second-order valence-corrected chi connectivity index (χ2v) is 3.20. The van der Waals surface area contributed by atoms with E-state index < -0.39 is 5.97 Å².